The highest BCUT2D eigenvalue weighted by atomic mass is 16.3. The Morgan fingerprint density at radius 2 is 2.50 bits per heavy atom. The van der Waals surface area contributed by atoms with E-state index in [4.69, 9.17) is 11.5 Å². The van der Waals surface area contributed by atoms with E-state index in [1.54, 1.807) is 0 Å². The summed E-state index contributed by atoms with van der Waals surface area (Å²) in [5.41, 5.74) is 0.898. The predicted octanol–water partition coefficient (Wildman–Crippen LogP) is 0.614. The topological polar surface area (TPSA) is 25.2 Å². The second-order valence-corrected chi connectivity index (χ2v) is 2.05. The summed E-state index contributed by atoms with van der Waals surface area (Å²) in [5, 5.41) is 8.65. The van der Waals surface area contributed by atoms with Crippen molar-refractivity contribution in [3.05, 3.63) is 24.0 Å². The molecule has 1 N–H and O–H groups in total. The zero-order valence-corrected chi connectivity index (χ0v) is 5.62. The van der Waals surface area contributed by atoms with Gasteiger partial charge in [0.1, 0.15) is 0 Å². The molecule has 0 aliphatic carbocycles. The van der Waals surface area contributed by atoms with E-state index in [-0.39, 0.29) is 6.61 Å². The molecule has 0 saturated heterocycles. The summed E-state index contributed by atoms with van der Waals surface area (Å²) in [6.45, 7) is 0.650. The highest BCUT2D eigenvalue weighted by molar-refractivity contribution is 5.09. The van der Waals surface area contributed by atoms with Gasteiger partial charge in [-0.15, -0.1) is 6.42 Å². The highest BCUT2D eigenvalue weighted by Crippen LogP contribution is 1.99. The zero-order chi connectivity index (χ0) is 7.40. The van der Waals surface area contributed by atoms with Crippen LogP contribution in [0.5, 0.6) is 0 Å². The molecule has 0 unspecified atom stereocenters. The number of rotatable bonds is 2. The minimum atomic E-state index is 0.0809. The molecule has 2 nitrogen and oxygen atoms in total. The third kappa shape index (κ3) is 1.40. The molecule has 0 saturated carbocycles. The molecular formula is C8H9NO. The van der Waals surface area contributed by atoms with Crippen molar-refractivity contribution in [2.75, 3.05) is 0 Å². The molecule has 0 aromatic carbocycles. The van der Waals surface area contributed by atoms with Gasteiger partial charge in [0, 0.05) is 12.4 Å². The Bertz CT molecular complexity index is 244. The average Bonchev–Trinajstić information content (AvgIpc) is 2.37. The van der Waals surface area contributed by atoms with Crippen LogP contribution >= 0.6 is 0 Å². The molecule has 1 aromatic heterocycles. The molecule has 2 heteroatoms. The van der Waals surface area contributed by atoms with Gasteiger partial charge in [-0.05, 0) is 11.6 Å². The lowest BCUT2D eigenvalue weighted by Crippen LogP contribution is -1.89. The quantitative estimate of drug-likeness (QED) is 0.591. The molecule has 1 heterocycles. The van der Waals surface area contributed by atoms with Crippen LogP contribution in [0.25, 0.3) is 0 Å². The summed E-state index contributed by atoms with van der Waals surface area (Å²) < 4.78 is 1.85. The first-order valence-corrected chi connectivity index (χ1v) is 3.06. The molecule has 0 radical (unpaired) electrons. The van der Waals surface area contributed by atoms with Gasteiger partial charge >= 0.3 is 0 Å². The van der Waals surface area contributed by atoms with Gasteiger partial charge < -0.3 is 9.67 Å². The molecule has 1 aromatic rings. The maximum atomic E-state index is 8.65. The van der Waals surface area contributed by atoms with Crippen molar-refractivity contribution < 1.29 is 5.11 Å². The van der Waals surface area contributed by atoms with Gasteiger partial charge in [-0.25, -0.2) is 0 Å². The van der Waals surface area contributed by atoms with E-state index >= 15 is 0 Å². The molecule has 0 fully saturated rings. The Morgan fingerprint density at radius 3 is 3.00 bits per heavy atom. The lowest BCUT2D eigenvalue weighted by Gasteiger charge is -1.91. The van der Waals surface area contributed by atoms with E-state index in [0.29, 0.717) is 6.54 Å². The van der Waals surface area contributed by atoms with Crippen LogP contribution in [-0.2, 0) is 13.2 Å². The van der Waals surface area contributed by atoms with Crippen LogP contribution in [0.2, 0.25) is 0 Å². The van der Waals surface area contributed by atoms with Gasteiger partial charge in [0.15, 0.2) is 0 Å². The number of hydrogen-bond acceptors (Lipinski definition) is 1. The predicted molar refractivity (Wildman–Crippen MR) is 39.2 cm³/mol. The van der Waals surface area contributed by atoms with Crippen LogP contribution in [0.4, 0.5) is 0 Å². The first kappa shape index (κ1) is 6.91. The molecule has 1 rings (SSSR count). The van der Waals surface area contributed by atoms with Crippen molar-refractivity contribution in [1.82, 2.24) is 4.57 Å². The van der Waals surface area contributed by atoms with Crippen molar-refractivity contribution in [3.63, 3.8) is 0 Å². The van der Waals surface area contributed by atoms with Gasteiger partial charge in [-0.1, -0.05) is 5.92 Å². The summed E-state index contributed by atoms with van der Waals surface area (Å²) >= 11 is 0. The third-order valence-corrected chi connectivity index (χ3v) is 1.27. The summed E-state index contributed by atoms with van der Waals surface area (Å²) in [4.78, 5) is 0. The third-order valence-electron chi connectivity index (χ3n) is 1.27. The zero-order valence-electron chi connectivity index (χ0n) is 5.62. The van der Waals surface area contributed by atoms with Crippen LogP contribution < -0.4 is 0 Å². The Balaban J connectivity index is 2.70. The lowest BCUT2D eigenvalue weighted by atomic mass is 10.4. The summed E-state index contributed by atoms with van der Waals surface area (Å²) in [6, 6.07) is 1.84. The SMILES string of the molecule is C#CCn1ccc(CO)c1. The average molecular weight is 135 g/mol. The smallest absolute Gasteiger partial charge is 0.0829 e. The van der Waals surface area contributed by atoms with Crippen LogP contribution in [0.15, 0.2) is 18.5 Å². The Kier molecular flexibility index (Phi) is 2.14. The Morgan fingerprint density at radius 1 is 1.70 bits per heavy atom. The second kappa shape index (κ2) is 3.09. The van der Waals surface area contributed by atoms with Crippen LogP contribution in [-0.4, -0.2) is 9.67 Å². The maximum absolute atomic E-state index is 8.65. The monoisotopic (exact) mass is 135 g/mol. The van der Waals surface area contributed by atoms with Gasteiger partial charge in [0.05, 0.1) is 13.2 Å². The summed E-state index contributed by atoms with van der Waals surface area (Å²) in [7, 11) is 0. The van der Waals surface area contributed by atoms with Gasteiger partial charge in [-0.3, -0.25) is 0 Å². The molecule has 0 amide bonds. The van der Waals surface area contributed by atoms with Crippen LogP contribution in [0.1, 0.15) is 5.56 Å². The molecule has 0 atom stereocenters. The largest absolute Gasteiger partial charge is 0.392 e. The normalized spacial score (nSPS) is 9.20. The number of aromatic nitrogens is 1. The number of aliphatic hydroxyl groups is 1. The molecular weight excluding hydrogens is 126 g/mol. The number of nitrogens with zero attached hydrogens (tertiary/aromatic N) is 1. The Hall–Kier alpha value is -1.20. The summed E-state index contributed by atoms with van der Waals surface area (Å²) in [6.07, 6.45) is 8.76. The van der Waals surface area contributed by atoms with E-state index in [1.165, 1.54) is 0 Å². The number of terminal acetylenes is 1. The standard InChI is InChI=1S/C8H9NO/c1-2-4-9-5-3-8(6-9)7-10/h1,3,5-6,10H,4,7H2. The lowest BCUT2D eigenvalue weighted by molar-refractivity contribution is 0.282. The van der Waals surface area contributed by atoms with Crippen LogP contribution in [0.3, 0.4) is 0 Å². The van der Waals surface area contributed by atoms with Gasteiger partial charge in [-0.2, -0.15) is 0 Å². The van der Waals surface area contributed by atoms with Crippen molar-refractivity contribution >= 4 is 0 Å². The van der Waals surface area contributed by atoms with Crippen molar-refractivity contribution in [2.24, 2.45) is 0 Å². The highest BCUT2D eigenvalue weighted by Gasteiger charge is 1.91. The Labute approximate surface area is 60.1 Å². The van der Waals surface area contributed by atoms with E-state index in [1.807, 2.05) is 23.0 Å². The first-order chi connectivity index (χ1) is 4.86. The fraction of sp³-hybridized carbons (Fsp3) is 0.250. The first-order valence-electron chi connectivity index (χ1n) is 3.06. The van der Waals surface area contributed by atoms with Gasteiger partial charge in [0.25, 0.3) is 0 Å². The minimum absolute atomic E-state index is 0.0809. The van der Waals surface area contributed by atoms with E-state index in [9.17, 15) is 0 Å². The molecule has 0 aliphatic rings. The van der Waals surface area contributed by atoms with Crippen LogP contribution in [0, 0.1) is 12.3 Å². The fourth-order valence-corrected chi connectivity index (χ4v) is 0.788. The van der Waals surface area contributed by atoms with Crippen molar-refractivity contribution in [2.45, 2.75) is 13.2 Å². The van der Waals surface area contributed by atoms with Crippen molar-refractivity contribution in [3.8, 4) is 12.3 Å². The van der Waals surface area contributed by atoms with E-state index < -0.39 is 0 Å². The van der Waals surface area contributed by atoms with E-state index in [0.717, 1.165) is 5.56 Å². The molecule has 10 heavy (non-hydrogen) atoms. The minimum Gasteiger partial charge on any atom is -0.392 e. The fourth-order valence-electron chi connectivity index (χ4n) is 0.788. The second-order valence-electron chi connectivity index (χ2n) is 2.05. The molecule has 52 valence electrons. The maximum Gasteiger partial charge on any atom is 0.0829 e. The molecule has 0 aliphatic heterocycles. The van der Waals surface area contributed by atoms with Crippen molar-refractivity contribution in [1.29, 1.82) is 0 Å². The molecule has 0 bridgehead atoms. The van der Waals surface area contributed by atoms with E-state index in [2.05, 4.69) is 5.92 Å². The number of aliphatic hydroxyl groups excluding tert-OH is 1. The van der Waals surface area contributed by atoms with Gasteiger partial charge in [0.2, 0.25) is 0 Å². The number of hydrogen-bond donors (Lipinski definition) is 1. The summed E-state index contributed by atoms with van der Waals surface area (Å²) in [5.74, 6) is 2.50. The molecule has 0 spiro atoms.